The van der Waals surface area contributed by atoms with Crippen molar-refractivity contribution in [2.75, 3.05) is 13.6 Å². The molecule has 1 aromatic heterocycles. The number of aromatic nitrogens is 2. The van der Waals surface area contributed by atoms with Crippen LogP contribution >= 0.6 is 0 Å². The summed E-state index contributed by atoms with van der Waals surface area (Å²) >= 11 is 0. The van der Waals surface area contributed by atoms with E-state index in [4.69, 9.17) is 0 Å². The predicted molar refractivity (Wildman–Crippen MR) is 57.4 cm³/mol. The van der Waals surface area contributed by atoms with Gasteiger partial charge < -0.3 is 5.32 Å². The molecule has 1 heterocycles. The van der Waals surface area contributed by atoms with E-state index in [9.17, 15) is 0 Å². The molecule has 2 unspecified atom stereocenters. The van der Waals surface area contributed by atoms with Crippen LogP contribution in [-0.4, -0.2) is 23.4 Å². The van der Waals surface area contributed by atoms with Crippen LogP contribution in [0.2, 0.25) is 0 Å². The molecule has 0 bridgehead atoms. The molecule has 0 fully saturated rings. The van der Waals surface area contributed by atoms with Crippen molar-refractivity contribution >= 4 is 0 Å². The van der Waals surface area contributed by atoms with E-state index in [0.717, 1.165) is 12.5 Å². The van der Waals surface area contributed by atoms with Crippen LogP contribution in [0.1, 0.15) is 30.5 Å². The molecule has 78 valence electrons. The zero-order valence-electron chi connectivity index (χ0n) is 9.25. The molecular weight excluding hydrogens is 174 g/mol. The number of hydrogen-bond donors (Lipinski definition) is 1. The van der Waals surface area contributed by atoms with Gasteiger partial charge >= 0.3 is 0 Å². The minimum absolute atomic E-state index is 0.602. The highest BCUT2D eigenvalue weighted by atomic mass is 15.3. The van der Waals surface area contributed by atoms with Crippen molar-refractivity contribution < 1.29 is 0 Å². The summed E-state index contributed by atoms with van der Waals surface area (Å²) in [4.78, 5) is 0. The average molecular weight is 193 g/mol. The van der Waals surface area contributed by atoms with Crippen LogP contribution in [0, 0.1) is 5.92 Å². The molecule has 1 aromatic rings. The van der Waals surface area contributed by atoms with Crippen LogP contribution in [0.4, 0.5) is 0 Å². The SMILES string of the molecule is CNCC1c2nn(C)cc2CCC1C. The number of aryl methyl sites for hydroxylation is 2. The van der Waals surface area contributed by atoms with Gasteiger partial charge in [0.15, 0.2) is 0 Å². The van der Waals surface area contributed by atoms with E-state index in [1.807, 2.05) is 18.8 Å². The first kappa shape index (κ1) is 9.71. The average Bonchev–Trinajstić information content (AvgIpc) is 2.51. The fourth-order valence-electron chi connectivity index (χ4n) is 2.43. The Morgan fingerprint density at radius 1 is 1.64 bits per heavy atom. The van der Waals surface area contributed by atoms with Crippen molar-refractivity contribution in [3.05, 3.63) is 17.5 Å². The quantitative estimate of drug-likeness (QED) is 0.767. The van der Waals surface area contributed by atoms with Gasteiger partial charge in [0.25, 0.3) is 0 Å². The summed E-state index contributed by atoms with van der Waals surface area (Å²) in [5.41, 5.74) is 2.77. The summed E-state index contributed by atoms with van der Waals surface area (Å²) in [5.74, 6) is 1.36. The third-order valence-corrected chi connectivity index (χ3v) is 3.27. The van der Waals surface area contributed by atoms with Gasteiger partial charge in [-0.2, -0.15) is 5.10 Å². The Balaban J connectivity index is 2.30. The lowest BCUT2D eigenvalue weighted by molar-refractivity contribution is 0.385. The predicted octanol–water partition coefficient (Wildman–Crippen LogP) is 1.31. The molecule has 14 heavy (non-hydrogen) atoms. The lowest BCUT2D eigenvalue weighted by atomic mass is 9.80. The number of rotatable bonds is 2. The molecule has 2 atom stereocenters. The topological polar surface area (TPSA) is 29.9 Å². The van der Waals surface area contributed by atoms with Gasteiger partial charge in [0.1, 0.15) is 0 Å². The van der Waals surface area contributed by atoms with Crippen molar-refractivity contribution in [2.45, 2.75) is 25.7 Å². The van der Waals surface area contributed by atoms with Crippen LogP contribution in [0.25, 0.3) is 0 Å². The largest absolute Gasteiger partial charge is 0.319 e. The maximum atomic E-state index is 4.58. The van der Waals surface area contributed by atoms with E-state index in [2.05, 4.69) is 23.5 Å². The minimum atomic E-state index is 0.602. The van der Waals surface area contributed by atoms with Gasteiger partial charge in [0.2, 0.25) is 0 Å². The van der Waals surface area contributed by atoms with Gasteiger partial charge in [-0.25, -0.2) is 0 Å². The molecule has 0 radical (unpaired) electrons. The second kappa shape index (κ2) is 3.73. The van der Waals surface area contributed by atoms with E-state index in [-0.39, 0.29) is 0 Å². The molecule has 1 aliphatic rings. The number of likely N-dealkylation sites (N-methyl/N-ethyl adjacent to an activating group) is 1. The van der Waals surface area contributed by atoms with Gasteiger partial charge in [0, 0.05) is 25.7 Å². The molecule has 0 aliphatic heterocycles. The lowest BCUT2D eigenvalue weighted by Crippen LogP contribution is -2.27. The third-order valence-electron chi connectivity index (χ3n) is 3.27. The highest BCUT2D eigenvalue weighted by Gasteiger charge is 2.28. The first-order valence-corrected chi connectivity index (χ1v) is 5.39. The molecule has 0 spiro atoms. The Labute approximate surface area is 85.5 Å². The first-order valence-electron chi connectivity index (χ1n) is 5.39. The van der Waals surface area contributed by atoms with Crippen molar-refractivity contribution in [3.63, 3.8) is 0 Å². The summed E-state index contributed by atoms with van der Waals surface area (Å²) in [6.45, 7) is 3.38. The van der Waals surface area contributed by atoms with Crippen LogP contribution in [0.3, 0.4) is 0 Å². The molecule has 0 saturated heterocycles. The Bertz CT molecular complexity index is 316. The normalized spacial score (nSPS) is 26.2. The second-order valence-corrected chi connectivity index (χ2v) is 4.39. The number of hydrogen-bond acceptors (Lipinski definition) is 2. The van der Waals surface area contributed by atoms with Gasteiger partial charge in [-0.1, -0.05) is 6.92 Å². The molecule has 2 rings (SSSR count). The van der Waals surface area contributed by atoms with Crippen LogP contribution < -0.4 is 5.32 Å². The van der Waals surface area contributed by atoms with E-state index < -0.39 is 0 Å². The van der Waals surface area contributed by atoms with Gasteiger partial charge in [-0.3, -0.25) is 4.68 Å². The molecule has 3 nitrogen and oxygen atoms in total. The molecule has 0 aromatic carbocycles. The second-order valence-electron chi connectivity index (χ2n) is 4.39. The summed E-state index contributed by atoms with van der Waals surface area (Å²) in [6.07, 6.45) is 4.67. The lowest BCUT2D eigenvalue weighted by Gasteiger charge is -2.27. The molecule has 0 saturated carbocycles. The monoisotopic (exact) mass is 193 g/mol. The number of nitrogens with one attached hydrogen (secondary N) is 1. The zero-order valence-corrected chi connectivity index (χ0v) is 9.25. The van der Waals surface area contributed by atoms with Gasteiger partial charge in [-0.15, -0.1) is 0 Å². The molecular formula is C11H19N3. The Kier molecular flexibility index (Phi) is 2.59. The van der Waals surface area contributed by atoms with E-state index >= 15 is 0 Å². The van der Waals surface area contributed by atoms with Gasteiger partial charge in [0.05, 0.1) is 5.69 Å². The fourth-order valence-corrected chi connectivity index (χ4v) is 2.43. The van der Waals surface area contributed by atoms with E-state index in [1.165, 1.54) is 24.1 Å². The molecule has 1 N–H and O–H groups in total. The molecule has 0 amide bonds. The highest BCUT2D eigenvalue weighted by Crippen LogP contribution is 2.34. The molecule has 1 aliphatic carbocycles. The molecule has 3 heteroatoms. The van der Waals surface area contributed by atoms with E-state index in [1.54, 1.807) is 0 Å². The highest BCUT2D eigenvalue weighted by molar-refractivity contribution is 5.25. The minimum Gasteiger partial charge on any atom is -0.319 e. The van der Waals surface area contributed by atoms with Crippen molar-refractivity contribution in [1.82, 2.24) is 15.1 Å². The number of nitrogens with zero attached hydrogens (tertiary/aromatic N) is 2. The van der Waals surface area contributed by atoms with E-state index in [0.29, 0.717) is 5.92 Å². The summed E-state index contributed by atoms with van der Waals surface area (Å²) in [6, 6.07) is 0. The Hall–Kier alpha value is -0.830. The Morgan fingerprint density at radius 3 is 3.14 bits per heavy atom. The summed E-state index contributed by atoms with van der Waals surface area (Å²) in [7, 11) is 4.03. The maximum Gasteiger partial charge on any atom is 0.0702 e. The van der Waals surface area contributed by atoms with Gasteiger partial charge in [-0.05, 0) is 31.4 Å². The Morgan fingerprint density at radius 2 is 2.43 bits per heavy atom. The third kappa shape index (κ3) is 1.57. The van der Waals surface area contributed by atoms with Crippen LogP contribution in [0.15, 0.2) is 6.20 Å². The first-order chi connectivity index (χ1) is 6.72. The smallest absolute Gasteiger partial charge is 0.0702 e. The fraction of sp³-hybridized carbons (Fsp3) is 0.727. The number of fused-ring (bicyclic) bond motifs is 1. The summed E-state index contributed by atoms with van der Waals surface area (Å²) < 4.78 is 1.95. The van der Waals surface area contributed by atoms with Crippen LogP contribution in [-0.2, 0) is 13.5 Å². The van der Waals surface area contributed by atoms with Crippen LogP contribution in [0.5, 0.6) is 0 Å². The van der Waals surface area contributed by atoms with Crippen molar-refractivity contribution in [1.29, 1.82) is 0 Å². The van der Waals surface area contributed by atoms with Crippen molar-refractivity contribution in [3.8, 4) is 0 Å². The maximum absolute atomic E-state index is 4.58. The van der Waals surface area contributed by atoms with Crippen molar-refractivity contribution in [2.24, 2.45) is 13.0 Å². The summed E-state index contributed by atoms with van der Waals surface area (Å²) in [5, 5.41) is 7.85. The zero-order chi connectivity index (χ0) is 10.1. The standard InChI is InChI=1S/C11H19N3/c1-8-4-5-9-7-14(3)13-11(9)10(8)6-12-2/h7-8,10,12H,4-6H2,1-3H3.